The quantitative estimate of drug-likeness (QED) is 0.749. The van der Waals surface area contributed by atoms with E-state index < -0.39 is 17.5 Å². The molecule has 0 radical (unpaired) electrons. The molecule has 2 amide bonds. The molecule has 1 heterocycles. The van der Waals surface area contributed by atoms with Crippen LogP contribution in [-0.4, -0.2) is 54.2 Å². The van der Waals surface area contributed by atoms with Crippen LogP contribution in [0, 0.1) is 11.3 Å². The van der Waals surface area contributed by atoms with Gasteiger partial charge in [0.1, 0.15) is 6.61 Å². The number of benzene rings is 2. The zero-order valence-corrected chi connectivity index (χ0v) is 17.0. The van der Waals surface area contributed by atoms with Gasteiger partial charge in [-0.1, -0.05) is 48.5 Å². The summed E-state index contributed by atoms with van der Waals surface area (Å²) in [4.78, 5) is 37.5. The van der Waals surface area contributed by atoms with Gasteiger partial charge >= 0.3 is 12.1 Å². The van der Waals surface area contributed by atoms with E-state index in [0.717, 1.165) is 11.1 Å². The lowest BCUT2D eigenvalue weighted by atomic mass is 9.98. The number of carboxylic acid groups (broad SMARTS) is 1. The van der Waals surface area contributed by atoms with Gasteiger partial charge in [-0.15, -0.1) is 0 Å². The number of hydrogen-bond acceptors (Lipinski definition) is 4. The van der Waals surface area contributed by atoms with Crippen LogP contribution in [-0.2, 0) is 14.3 Å². The lowest BCUT2D eigenvalue weighted by molar-refractivity contribution is -0.144. The minimum absolute atomic E-state index is 0.0108. The summed E-state index contributed by atoms with van der Waals surface area (Å²) in [6, 6.07) is 16.3. The number of hydrogen-bond donors (Lipinski definition) is 2. The molecule has 7 nitrogen and oxygen atoms in total. The minimum atomic E-state index is -0.815. The van der Waals surface area contributed by atoms with Crippen LogP contribution in [0.3, 0.4) is 0 Å². The summed E-state index contributed by atoms with van der Waals surface area (Å²) in [5.41, 5.74) is 3.90. The lowest BCUT2D eigenvalue weighted by Crippen LogP contribution is -2.36. The Hall–Kier alpha value is -3.35. The highest BCUT2D eigenvalue weighted by molar-refractivity contribution is 5.84. The van der Waals surface area contributed by atoms with Crippen molar-refractivity contribution in [2.45, 2.75) is 18.8 Å². The number of carboxylic acids is 1. The molecule has 3 aliphatic rings. The van der Waals surface area contributed by atoms with E-state index in [9.17, 15) is 19.5 Å². The SMILES string of the molecule is O=C(NCCC(=O)N1CC2CC2(C(=O)O)C1)OCC1c2ccccc2-c2ccccc21. The monoisotopic (exact) mass is 420 g/mol. The maximum atomic E-state index is 12.3. The van der Waals surface area contributed by atoms with Crippen molar-refractivity contribution >= 4 is 18.0 Å². The largest absolute Gasteiger partial charge is 0.481 e. The Morgan fingerprint density at radius 2 is 1.71 bits per heavy atom. The summed E-state index contributed by atoms with van der Waals surface area (Å²) >= 11 is 0. The highest BCUT2D eigenvalue weighted by Crippen LogP contribution is 2.57. The zero-order chi connectivity index (χ0) is 21.6. The number of fused-ring (bicyclic) bond motifs is 4. The van der Waals surface area contributed by atoms with Gasteiger partial charge < -0.3 is 20.1 Å². The van der Waals surface area contributed by atoms with Crippen LogP contribution in [0.4, 0.5) is 4.79 Å². The van der Waals surface area contributed by atoms with Crippen LogP contribution >= 0.6 is 0 Å². The summed E-state index contributed by atoms with van der Waals surface area (Å²) in [5, 5.41) is 12.0. The maximum Gasteiger partial charge on any atom is 0.407 e. The number of amides is 2. The van der Waals surface area contributed by atoms with E-state index in [4.69, 9.17) is 4.74 Å². The first-order chi connectivity index (χ1) is 15.0. The first-order valence-electron chi connectivity index (χ1n) is 10.6. The Morgan fingerprint density at radius 3 is 2.32 bits per heavy atom. The average molecular weight is 420 g/mol. The molecular weight excluding hydrogens is 396 g/mol. The molecule has 31 heavy (non-hydrogen) atoms. The fraction of sp³-hybridized carbons (Fsp3) is 0.375. The van der Waals surface area contributed by atoms with Crippen LogP contribution in [0.5, 0.6) is 0 Å². The molecule has 7 heteroatoms. The van der Waals surface area contributed by atoms with E-state index in [-0.39, 0.29) is 43.9 Å². The van der Waals surface area contributed by atoms with E-state index in [2.05, 4.69) is 29.6 Å². The molecule has 2 N–H and O–H groups in total. The van der Waals surface area contributed by atoms with Gasteiger partial charge in [0.2, 0.25) is 5.91 Å². The number of piperidine rings is 1. The highest BCUT2D eigenvalue weighted by Gasteiger charge is 2.66. The van der Waals surface area contributed by atoms with E-state index >= 15 is 0 Å². The zero-order valence-electron chi connectivity index (χ0n) is 17.0. The van der Waals surface area contributed by atoms with Crippen LogP contribution in [0.1, 0.15) is 29.9 Å². The van der Waals surface area contributed by atoms with Gasteiger partial charge in [-0.25, -0.2) is 4.79 Å². The number of likely N-dealkylation sites (tertiary alicyclic amines) is 1. The van der Waals surface area contributed by atoms with Gasteiger partial charge in [-0.05, 0) is 34.6 Å². The second-order valence-corrected chi connectivity index (χ2v) is 8.64. The molecule has 2 aromatic rings. The molecule has 1 saturated heterocycles. The third-order valence-corrected chi connectivity index (χ3v) is 6.88. The van der Waals surface area contributed by atoms with Gasteiger partial charge in [-0.3, -0.25) is 9.59 Å². The molecular formula is C24H24N2O5. The number of nitrogens with one attached hydrogen (secondary N) is 1. The van der Waals surface area contributed by atoms with Crippen molar-refractivity contribution in [2.24, 2.45) is 11.3 Å². The Labute approximate surface area is 180 Å². The van der Waals surface area contributed by atoms with Crippen molar-refractivity contribution in [3.05, 3.63) is 59.7 Å². The van der Waals surface area contributed by atoms with Crippen LogP contribution in [0.25, 0.3) is 11.1 Å². The molecule has 0 bridgehead atoms. The van der Waals surface area contributed by atoms with Gasteiger partial charge in [0.15, 0.2) is 0 Å². The van der Waals surface area contributed by atoms with Crippen LogP contribution < -0.4 is 5.32 Å². The molecule has 0 spiro atoms. The second-order valence-electron chi connectivity index (χ2n) is 8.64. The predicted molar refractivity (Wildman–Crippen MR) is 112 cm³/mol. The fourth-order valence-corrected chi connectivity index (χ4v) is 5.08. The maximum absolute atomic E-state index is 12.3. The molecule has 2 unspecified atom stereocenters. The van der Waals surface area contributed by atoms with E-state index in [0.29, 0.717) is 13.0 Å². The number of nitrogens with zero attached hydrogens (tertiary/aromatic N) is 1. The fourth-order valence-electron chi connectivity index (χ4n) is 5.08. The summed E-state index contributed by atoms with van der Waals surface area (Å²) in [7, 11) is 0. The summed E-state index contributed by atoms with van der Waals surface area (Å²) in [6.07, 6.45) is 0.234. The Bertz CT molecular complexity index is 1020. The third kappa shape index (κ3) is 3.34. The first kappa shape index (κ1) is 19.6. The smallest absolute Gasteiger partial charge is 0.407 e. The third-order valence-electron chi connectivity index (χ3n) is 6.88. The normalized spacial score (nSPS) is 23.0. The van der Waals surface area contributed by atoms with Crippen molar-refractivity contribution < 1.29 is 24.2 Å². The molecule has 160 valence electrons. The van der Waals surface area contributed by atoms with Crippen LogP contribution in [0.15, 0.2) is 48.5 Å². The van der Waals surface area contributed by atoms with Crippen molar-refractivity contribution in [2.75, 3.05) is 26.2 Å². The van der Waals surface area contributed by atoms with E-state index in [1.165, 1.54) is 11.1 Å². The second kappa shape index (κ2) is 7.41. The number of carbonyl (C=O) groups is 3. The Kier molecular flexibility index (Phi) is 4.68. The molecule has 1 aliphatic heterocycles. The summed E-state index contributed by atoms with van der Waals surface area (Å²) < 4.78 is 5.47. The highest BCUT2D eigenvalue weighted by atomic mass is 16.5. The number of carbonyl (C=O) groups excluding carboxylic acids is 2. The lowest BCUT2D eigenvalue weighted by Gasteiger charge is -2.19. The van der Waals surface area contributed by atoms with Gasteiger partial charge in [0.25, 0.3) is 0 Å². The van der Waals surface area contributed by atoms with Crippen molar-refractivity contribution in [1.29, 1.82) is 0 Å². The van der Waals surface area contributed by atoms with E-state index in [1.54, 1.807) is 4.90 Å². The topological polar surface area (TPSA) is 95.9 Å². The number of ether oxygens (including phenoxy) is 1. The van der Waals surface area contributed by atoms with Gasteiger partial charge in [-0.2, -0.15) is 0 Å². The van der Waals surface area contributed by atoms with Crippen molar-refractivity contribution in [3.8, 4) is 11.1 Å². The van der Waals surface area contributed by atoms with Crippen LogP contribution in [0.2, 0.25) is 0 Å². The number of alkyl carbamates (subject to hydrolysis) is 1. The number of rotatable bonds is 6. The standard InChI is InChI=1S/C24H24N2O5/c27-21(26-12-15-11-24(15,14-26)22(28)29)9-10-25-23(30)31-13-20-18-7-3-1-5-16(18)17-6-2-4-8-19(17)20/h1-8,15,20H,9-14H2,(H,25,30)(H,28,29). The molecule has 0 aromatic heterocycles. The van der Waals surface area contributed by atoms with Gasteiger partial charge in [0, 0.05) is 32.0 Å². The first-order valence-corrected chi connectivity index (χ1v) is 10.6. The summed E-state index contributed by atoms with van der Waals surface area (Å²) in [5.74, 6) is -0.885. The van der Waals surface area contributed by atoms with Crippen molar-refractivity contribution in [3.63, 3.8) is 0 Å². The van der Waals surface area contributed by atoms with Gasteiger partial charge in [0.05, 0.1) is 5.41 Å². The molecule has 5 rings (SSSR count). The Morgan fingerprint density at radius 1 is 1.06 bits per heavy atom. The molecule has 2 aliphatic carbocycles. The molecule has 2 atom stereocenters. The summed E-state index contributed by atoms with van der Waals surface area (Å²) in [6.45, 7) is 1.16. The molecule has 1 saturated carbocycles. The van der Waals surface area contributed by atoms with E-state index in [1.807, 2.05) is 24.3 Å². The number of aliphatic carboxylic acids is 1. The predicted octanol–water partition coefficient (Wildman–Crippen LogP) is 2.85. The van der Waals surface area contributed by atoms with Crippen molar-refractivity contribution in [1.82, 2.24) is 10.2 Å². The molecule has 2 fully saturated rings. The average Bonchev–Trinajstić information content (AvgIpc) is 3.20. The minimum Gasteiger partial charge on any atom is -0.481 e. The molecule has 2 aromatic carbocycles. The Balaban J connectivity index is 1.11.